The van der Waals surface area contributed by atoms with Gasteiger partial charge in [0.15, 0.2) is 0 Å². The fraction of sp³-hybridized carbons (Fsp3) is 0.167. The molecule has 0 atom stereocenters. The number of ether oxygens (including phenoxy) is 1. The van der Waals surface area contributed by atoms with E-state index in [2.05, 4.69) is 10.6 Å². The van der Waals surface area contributed by atoms with Crippen LogP contribution in [0.1, 0.15) is 29.8 Å². The third-order valence-electron chi connectivity index (χ3n) is 3.07. The van der Waals surface area contributed by atoms with E-state index < -0.39 is 5.97 Å². The number of nitrogens with one attached hydrogen (secondary N) is 2. The molecule has 0 heterocycles. The van der Waals surface area contributed by atoms with Crippen molar-refractivity contribution in [2.24, 2.45) is 0 Å². The summed E-state index contributed by atoms with van der Waals surface area (Å²) in [4.78, 5) is 34.8. The van der Waals surface area contributed by atoms with Gasteiger partial charge >= 0.3 is 5.97 Å². The first-order valence-corrected chi connectivity index (χ1v) is 7.83. The van der Waals surface area contributed by atoms with Crippen LogP contribution in [-0.2, 0) is 20.9 Å². The van der Waals surface area contributed by atoms with Gasteiger partial charge in [0.05, 0.1) is 5.56 Å². The van der Waals surface area contributed by atoms with Gasteiger partial charge < -0.3 is 15.4 Å². The monoisotopic (exact) mass is 360 g/mol. The number of carbonyl (C=O) groups is 3. The molecule has 2 N–H and O–H groups in total. The van der Waals surface area contributed by atoms with Crippen molar-refractivity contribution in [2.75, 3.05) is 10.6 Å². The van der Waals surface area contributed by atoms with Gasteiger partial charge in [-0.15, -0.1) is 0 Å². The molecule has 0 saturated heterocycles. The summed E-state index contributed by atoms with van der Waals surface area (Å²) >= 11 is 5.89. The molecule has 0 aliphatic rings. The first kappa shape index (κ1) is 18.5. The molecular weight excluding hydrogens is 344 g/mol. The Morgan fingerprint density at radius 3 is 2.08 bits per heavy atom. The number of hydrogen-bond acceptors (Lipinski definition) is 4. The van der Waals surface area contributed by atoms with Crippen LogP contribution in [0, 0.1) is 0 Å². The third-order valence-corrected chi connectivity index (χ3v) is 3.30. The van der Waals surface area contributed by atoms with Gasteiger partial charge in [0, 0.05) is 30.2 Å². The summed E-state index contributed by atoms with van der Waals surface area (Å²) in [5.74, 6) is -1.17. The minimum Gasteiger partial charge on any atom is -0.457 e. The highest BCUT2D eigenvalue weighted by Gasteiger charge is 2.12. The Bertz CT molecular complexity index is 786. The van der Waals surface area contributed by atoms with Gasteiger partial charge in [-0.05, 0) is 35.9 Å². The summed E-state index contributed by atoms with van der Waals surface area (Å²) in [7, 11) is 0. The Kier molecular flexibility index (Phi) is 6.14. The largest absolute Gasteiger partial charge is 0.457 e. The number of benzene rings is 2. The third kappa shape index (κ3) is 5.93. The van der Waals surface area contributed by atoms with E-state index in [1.807, 2.05) is 0 Å². The second-order valence-electron chi connectivity index (χ2n) is 5.37. The van der Waals surface area contributed by atoms with Gasteiger partial charge in [-0.2, -0.15) is 0 Å². The minimum atomic E-state index is -0.584. The van der Waals surface area contributed by atoms with Gasteiger partial charge in [-0.3, -0.25) is 9.59 Å². The van der Waals surface area contributed by atoms with Crippen molar-refractivity contribution in [2.45, 2.75) is 20.5 Å². The number of rotatable bonds is 5. The molecule has 0 saturated carbocycles. The normalized spacial score (nSPS) is 10.0. The Hall–Kier alpha value is -2.86. The molecule has 0 bridgehead atoms. The molecule has 0 fully saturated rings. The summed E-state index contributed by atoms with van der Waals surface area (Å²) in [6, 6.07) is 11.5. The van der Waals surface area contributed by atoms with Crippen molar-refractivity contribution in [1.82, 2.24) is 0 Å². The average Bonchev–Trinajstić information content (AvgIpc) is 2.51. The smallest absolute Gasteiger partial charge is 0.338 e. The molecule has 2 amide bonds. The molecule has 0 aromatic heterocycles. The van der Waals surface area contributed by atoms with Crippen molar-refractivity contribution in [3.63, 3.8) is 0 Å². The number of amides is 2. The molecule has 0 spiro atoms. The first-order valence-electron chi connectivity index (χ1n) is 7.45. The predicted molar refractivity (Wildman–Crippen MR) is 95.6 cm³/mol. The van der Waals surface area contributed by atoms with Crippen LogP contribution in [0.25, 0.3) is 0 Å². The highest BCUT2D eigenvalue weighted by molar-refractivity contribution is 6.30. The van der Waals surface area contributed by atoms with Crippen molar-refractivity contribution in [1.29, 1.82) is 0 Å². The summed E-state index contributed by atoms with van der Waals surface area (Å²) in [6.45, 7) is 2.75. The zero-order valence-electron chi connectivity index (χ0n) is 13.8. The number of esters is 1. The second-order valence-corrected chi connectivity index (χ2v) is 5.80. The lowest BCUT2D eigenvalue weighted by Crippen LogP contribution is -2.12. The van der Waals surface area contributed by atoms with Crippen LogP contribution in [0.2, 0.25) is 5.02 Å². The van der Waals surface area contributed by atoms with E-state index in [1.54, 1.807) is 30.3 Å². The van der Waals surface area contributed by atoms with Crippen molar-refractivity contribution in [3.05, 3.63) is 58.6 Å². The second kappa shape index (κ2) is 8.30. The highest BCUT2D eigenvalue weighted by atomic mass is 35.5. The summed E-state index contributed by atoms with van der Waals surface area (Å²) in [5, 5.41) is 5.71. The molecule has 0 radical (unpaired) electrons. The molecule has 7 heteroatoms. The number of anilines is 2. The van der Waals surface area contributed by atoms with E-state index in [1.165, 1.54) is 26.0 Å². The Morgan fingerprint density at radius 1 is 0.960 bits per heavy atom. The van der Waals surface area contributed by atoms with E-state index in [0.29, 0.717) is 16.4 Å². The summed E-state index contributed by atoms with van der Waals surface area (Å²) in [5.41, 5.74) is 1.72. The van der Waals surface area contributed by atoms with Crippen LogP contribution in [-0.4, -0.2) is 17.8 Å². The molecule has 0 unspecified atom stereocenters. The molecule has 25 heavy (non-hydrogen) atoms. The molecule has 6 nitrogen and oxygen atoms in total. The molecule has 0 aliphatic heterocycles. The zero-order chi connectivity index (χ0) is 18.4. The lowest BCUT2D eigenvalue weighted by molar-refractivity contribution is -0.115. The van der Waals surface area contributed by atoms with Crippen molar-refractivity contribution in [3.8, 4) is 0 Å². The van der Waals surface area contributed by atoms with Gasteiger partial charge in [0.2, 0.25) is 11.8 Å². The lowest BCUT2D eigenvalue weighted by atomic mass is 10.1. The molecule has 2 aromatic carbocycles. The fourth-order valence-corrected chi connectivity index (χ4v) is 2.37. The average molecular weight is 361 g/mol. The van der Waals surface area contributed by atoms with E-state index in [-0.39, 0.29) is 24.0 Å². The van der Waals surface area contributed by atoms with Crippen LogP contribution < -0.4 is 10.6 Å². The van der Waals surface area contributed by atoms with Gasteiger partial charge in [0.25, 0.3) is 0 Å². The molecule has 130 valence electrons. The number of hydrogen-bond donors (Lipinski definition) is 2. The Morgan fingerprint density at radius 2 is 1.56 bits per heavy atom. The van der Waals surface area contributed by atoms with Crippen LogP contribution in [0.15, 0.2) is 42.5 Å². The van der Waals surface area contributed by atoms with Crippen LogP contribution in [0.4, 0.5) is 11.4 Å². The highest BCUT2D eigenvalue weighted by Crippen LogP contribution is 2.21. The van der Waals surface area contributed by atoms with Crippen molar-refractivity contribution >= 4 is 40.8 Å². The number of carbonyl (C=O) groups excluding carboxylic acids is 3. The maximum Gasteiger partial charge on any atom is 0.338 e. The maximum atomic E-state index is 12.3. The minimum absolute atomic E-state index is 0.0548. The Balaban J connectivity index is 2.18. The Labute approximate surface area is 150 Å². The van der Waals surface area contributed by atoms with Gasteiger partial charge in [0.1, 0.15) is 6.61 Å². The molecule has 2 aromatic rings. The standard InChI is InChI=1S/C18H17ClN2O4/c1-11(22)20-16-7-14(8-17(9-16)21-12(2)23)18(24)25-10-13-4-3-5-15(19)6-13/h3-9H,10H2,1-2H3,(H,20,22)(H,21,23). The van der Waals surface area contributed by atoms with Crippen LogP contribution in [0.5, 0.6) is 0 Å². The quantitative estimate of drug-likeness (QED) is 0.797. The molecular formula is C18H17ClN2O4. The fourth-order valence-electron chi connectivity index (χ4n) is 2.16. The zero-order valence-corrected chi connectivity index (χ0v) is 14.5. The molecule has 2 rings (SSSR count). The van der Waals surface area contributed by atoms with E-state index >= 15 is 0 Å². The van der Waals surface area contributed by atoms with Gasteiger partial charge in [-0.1, -0.05) is 23.7 Å². The van der Waals surface area contributed by atoms with E-state index in [0.717, 1.165) is 5.56 Å². The predicted octanol–water partition coefficient (Wildman–Crippen LogP) is 3.61. The van der Waals surface area contributed by atoms with Crippen LogP contribution >= 0.6 is 11.6 Å². The first-order chi connectivity index (χ1) is 11.8. The van der Waals surface area contributed by atoms with Gasteiger partial charge in [-0.25, -0.2) is 4.79 Å². The lowest BCUT2D eigenvalue weighted by Gasteiger charge is -2.11. The SMILES string of the molecule is CC(=O)Nc1cc(NC(C)=O)cc(C(=O)OCc2cccc(Cl)c2)c1. The van der Waals surface area contributed by atoms with Crippen molar-refractivity contribution < 1.29 is 19.1 Å². The maximum absolute atomic E-state index is 12.3. The molecule has 0 aliphatic carbocycles. The summed E-state index contributed by atoms with van der Waals surface area (Å²) < 4.78 is 5.27. The topological polar surface area (TPSA) is 84.5 Å². The van der Waals surface area contributed by atoms with Crippen LogP contribution in [0.3, 0.4) is 0 Å². The summed E-state index contributed by atoms with van der Waals surface area (Å²) in [6.07, 6.45) is 0. The van der Waals surface area contributed by atoms with E-state index in [4.69, 9.17) is 16.3 Å². The van der Waals surface area contributed by atoms with E-state index in [9.17, 15) is 14.4 Å². The number of halogens is 1.